The Bertz CT molecular complexity index is 601. The summed E-state index contributed by atoms with van der Waals surface area (Å²) in [6.07, 6.45) is 2.37. The molecule has 3 saturated heterocycles. The van der Waals surface area contributed by atoms with Crippen LogP contribution < -0.4 is 0 Å². The Morgan fingerprint density at radius 2 is 1.92 bits per heavy atom. The fourth-order valence-corrected chi connectivity index (χ4v) is 4.87. The van der Waals surface area contributed by atoms with Gasteiger partial charge in [-0.25, -0.2) is 0 Å². The highest BCUT2D eigenvalue weighted by atomic mass is 16.6. The van der Waals surface area contributed by atoms with Crippen molar-refractivity contribution in [3.8, 4) is 0 Å². The minimum Gasteiger partial charge on any atom is -0.461 e. The van der Waals surface area contributed by atoms with Crippen LogP contribution in [0.2, 0.25) is 0 Å². The van der Waals surface area contributed by atoms with Crippen LogP contribution in [0, 0.1) is 0 Å². The number of benzene rings is 1. The lowest BCUT2D eigenvalue weighted by Crippen LogP contribution is -2.62. The van der Waals surface area contributed by atoms with Gasteiger partial charge in [0.05, 0.1) is 20.2 Å². The topological polar surface area (TPSA) is 59.1 Å². The average Bonchev–Trinajstić information content (AvgIpc) is 3.35. The number of epoxide rings is 1. The first-order valence-electron chi connectivity index (χ1n) is 8.95. The first-order valence-corrected chi connectivity index (χ1v) is 8.95. The minimum atomic E-state index is -0.594. The van der Waals surface area contributed by atoms with Crippen LogP contribution in [0.3, 0.4) is 0 Å². The molecule has 4 rings (SSSR count). The van der Waals surface area contributed by atoms with Crippen LogP contribution in [0.5, 0.6) is 0 Å². The second-order valence-corrected chi connectivity index (χ2v) is 7.54. The van der Waals surface area contributed by atoms with E-state index in [1.54, 1.807) is 0 Å². The highest BCUT2D eigenvalue weighted by Crippen LogP contribution is 2.52. The summed E-state index contributed by atoms with van der Waals surface area (Å²) in [5, 5.41) is 9.64. The Balaban J connectivity index is 1.44. The predicted octanol–water partition coefficient (Wildman–Crippen LogP) is 1.45. The summed E-state index contributed by atoms with van der Waals surface area (Å²) in [6.45, 7) is 3.10. The molecule has 3 heterocycles. The number of carbonyl (C=O) groups is 1. The van der Waals surface area contributed by atoms with E-state index in [0.717, 1.165) is 29.4 Å². The van der Waals surface area contributed by atoms with Crippen molar-refractivity contribution >= 4 is 5.97 Å². The molecule has 24 heavy (non-hydrogen) atoms. The number of nitrogens with zero attached hydrogens (tertiary/aromatic N) is 1. The van der Waals surface area contributed by atoms with Gasteiger partial charge in [0.1, 0.15) is 36.3 Å². The number of carbonyl (C=O) groups excluding carboxylic acids is 1. The van der Waals surface area contributed by atoms with Crippen LogP contribution >= 0.6 is 0 Å². The van der Waals surface area contributed by atoms with Crippen LogP contribution in [0.1, 0.15) is 31.2 Å². The molecule has 0 aliphatic carbocycles. The molecule has 3 fully saturated rings. The smallest absolute Gasteiger partial charge is 0.316 e. The lowest BCUT2D eigenvalue weighted by Gasteiger charge is -2.47. The van der Waals surface area contributed by atoms with Crippen molar-refractivity contribution in [3.63, 3.8) is 0 Å². The molecule has 1 aromatic carbocycles. The van der Waals surface area contributed by atoms with E-state index in [9.17, 15) is 9.90 Å². The van der Waals surface area contributed by atoms with Gasteiger partial charge >= 0.3 is 5.97 Å². The van der Waals surface area contributed by atoms with E-state index in [-0.39, 0.29) is 18.7 Å². The van der Waals surface area contributed by atoms with Gasteiger partial charge in [0.25, 0.3) is 0 Å². The molecule has 0 spiro atoms. The van der Waals surface area contributed by atoms with Crippen LogP contribution in [-0.4, -0.2) is 66.2 Å². The number of morpholine rings is 1. The number of hydrogen-bond acceptors (Lipinski definition) is 4. The van der Waals surface area contributed by atoms with Gasteiger partial charge in [-0.15, -0.1) is 0 Å². The normalized spacial score (nSPS) is 40.7. The van der Waals surface area contributed by atoms with E-state index in [1.165, 1.54) is 0 Å². The molecule has 0 saturated carbocycles. The molecule has 3 aliphatic rings. The third kappa shape index (κ3) is 2.38. The van der Waals surface area contributed by atoms with Crippen molar-refractivity contribution in [2.45, 2.75) is 56.1 Å². The largest absolute Gasteiger partial charge is 0.461 e. The predicted molar refractivity (Wildman–Crippen MR) is 88.3 cm³/mol. The first-order chi connectivity index (χ1) is 11.6. The van der Waals surface area contributed by atoms with Crippen LogP contribution in [0.25, 0.3) is 0 Å². The van der Waals surface area contributed by atoms with E-state index < -0.39 is 5.92 Å². The number of fused-ring (bicyclic) bond motifs is 5. The number of esters is 1. The number of quaternary nitrogens is 1. The first kappa shape index (κ1) is 16.1. The molecule has 5 heteroatoms. The summed E-state index contributed by atoms with van der Waals surface area (Å²) >= 11 is 0. The number of likely N-dealkylation sites (N-methyl/N-ethyl adjacent to an activating group) is 1. The lowest BCUT2D eigenvalue weighted by atomic mass is 9.95. The van der Waals surface area contributed by atoms with E-state index in [0.29, 0.717) is 24.3 Å². The van der Waals surface area contributed by atoms with Crippen molar-refractivity contribution in [1.29, 1.82) is 0 Å². The van der Waals surface area contributed by atoms with E-state index >= 15 is 0 Å². The summed E-state index contributed by atoms with van der Waals surface area (Å²) in [7, 11) is 2.31. The van der Waals surface area contributed by atoms with Crippen LogP contribution in [0.15, 0.2) is 30.3 Å². The Hall–Kier alpha value is -1.43. The Kier molecular flexibility index (Phi) is 3.90. The van der Waals surface area contributed by atoms with Gasteiger partial charge < -0.3 is 19.1 Å². The van der Waals surface area contributed by atoms with Gasteiger partial charge in [-0.1, -0.05) is 30.3 Å². The van der Waals surface area contributed by atoms with Gasteiger partial charge in [0.15, 0.2) is 0 Å². The molecule has 2 bridgehead atoms. The van der Waals surface area contributed by atoms with Crippen molar-refractivity contribution in [2.24, 2.45) is 0 Å². The van der Waals surface area contributed by atoms with Gasteiger partial charge in [0, 0.05) is 12.8 Å². The summed E-state index contributed by atoms with van der Waals surface area (Å²) in [6, 6.07) is 10.2. The standard InChI is InChI=1S/C19H26NO4/c1-3-20(2)15-9-13(10-16(20)18-17(15)24-18)23-19(22)14(11-21)12-7-5-4-6-8-12/h4-8,13-18,21H,3,9-11H2,1-2H3/q+1/t13?,14-,15-,16+,17-,18+,20?/m0/s1. The number of aliphatic hydroxyl groups excluding tert-OH is 1. The second-order valence-electron chi connectivity index (χ2n) is 7.54. The number of aliphatic hydroxyl groups is 1. The number of hydrogen-bond donors (Lipinski definition) is 1. The zero-order chi connectivity index (χ0) is 16.9. The highest BCUT2D eigenvalue weighted by molar-refractivity contribution is 5.78. The molecular formula is C19H26NO4+. The van der Waals surface area contributed by atoms with Crippen molar-refractivity contribution in [1.82, 2.24) is 0 Å². The van der Waals surface area contributed by atoms with Gasteiger partial charge in [0.2, 0.25) is 0 Å². The fourth-order valence-electron chi connectivity index (χ4n) is 4.87. The van der Waals surface area contributed by atoms with Crippen molar-refractivity contribution in [3.05, 3.63) is 35.9 Å². The van der Waals surface area contributed by atoms with E-state index in [4.69, 9.17) is 9.47 Å². The van der Waals surface area contributed by atoms with Gasteiger partial charge in [-0.3, -0.25) is 4.79 Å². The second kappa shape index (κ2) is 5.83. The third-order valence-electron chi connectivity index (χ3n) is 6.48. The van der Waals surface area contributed by atoms with E-state index in [2.05, 4.69) is 14.0 Å². The molecular weight excluding hydrogens is 306 g/mol. The Morgan fingerprint density at radius 1 is 1.29 bits per heavy atom. The molecule has 0 aromatic heterocycles. The molecule has 1 aromatic rings. The summed E-state index contributed by atoms with van der Waals surface area (Å²) in [5.74, 6) is -0.904. The maximum absolute atomic E-state index is 12.6. The molecule has 3 aliphatic heterocycles. The SMILES string of the molecule is CC[N+]1(C)[C@@H]2CC(OC(=O)[C@@H](CO)c3ccccc3)C[C@H]1[C@@H]1O[C@@H]12. The maximum atomic E-state index is 12.6. The van der Waals surface area contributed by atoms with Crippen LogP contribution in [-0.2, 0) is 14.3 Å². The fraction of sp³-hybridized carbons (Fsp3) is 0.632. The molecule has 1 N–H and O–H groups in total. The Labute approximate surface area is 142 Å². The van der Waals surface area contributed by atoms with Gasteiger partial charge in [-0.05, 0) is 12.5 Å². The molecule has 2 unspecified atom stereocenters. The lowest BCUT2D eigenvalue weighted by molar-refractivity contribution is -0.954. The van der Waals surface area contributed by atoms with Crippen molar-refractivity contribution in [2.75, 3.05) is 20.2 Å². The number of piperidine rings is 1. The summed E-state index contributed by atoms with van der Waals surface area (Å²) in [4.78, 5) is 12.6. The van der Waals surface area contributed by atoms with E-state index in [1.807, 2.05) is 30.3 Å². The zero-order valence-electron chi connectivity index (χ0n) is 14.3. The van der Waals surface area contributed by atoms with Crippen molar-refractivity contribution < 1.29 is 23.9 Å². The summed E-state index contributed by atoms with van der Waals surface area (Å²) < 4.78 is 12.7. The van der Waals surface area contributed by atoms with Crippen LogP contribution in [0.4, 0.5) is 0 Å². The average molecular weight is 332 g/mol. The summed E-state index contributed by atoms with van der Waals surface area (Å²) in [5.41, 5.74) is 0.809. The molecule has 0 amide bonds. The highest BCUT2D eigenvalue weighted by Gasteiger charge is 2.71. The number of rotatable bonds is 5. The monoisotopic (exact) mass is 332 g/mol. The molecule has 5 nitrogen and oxygen atoms in total. The molecule has 0 radical (unpaired) electrons. The third-order valence-corrected chi connectivity index (χ3v) is 6.48. The minimum absolute atomic E-state index is 0.0561. The maximum Gasteiger partial charge on any atom is 0.316 e. The Morgan fingerprint density at radius 3 is 2.46 bits per heavy atom. The number of ether oxygens (including phenoxy) is 2. The molecule has 7 atom stereocenters. The molecule has 130 valence electrons. The zero-order valence-corrected chi connectivity index (χ0v) is 14.3. The van der Waals surface area contributed by atoms with Gasteiger partial charge in [-0.2, -0.15) is 0 Å². The quantitative estimate of drug-likeness (QED) is 0.504.